The molecular formula is C10H18ClN3OS. The van der Waals surface area contributed by atoms with Crippen LogP contribution in [0.5, 0.6) is 0 Å². The summed E-state index contributed by atoms with van der Waals surface area (Å²) in [5, 5.41) is 7.68. The molecule has 4 nitrogen and oxygen atoms in total. The molecule has 0 saturated heterocycles. The van der Waals surface area contributed by atoms with Gasteiger partial charge in [-0.25, -0.2) is 0 Å². The molecule has 1 aromatic rings. The standard InChI is InChI=1S/C10H18ClN3OS/c1-5-8(6-16-4)14(3)10-13-12-9(15-10)7(2)11/h7-8H,5-6H2,1-4H3. The van der Waals surface area contributed by atoms with E-state index in [0.717, 1.165) is 12.2 Å². The highest BCUT2D eigenvalue weighted by Crippen LogP contribution is 2.23. The van der Waals surface area contributed by atoms with Gasteiger partial charge in [0.25, 0.3) is 0 Å². The van der Waals surface area contributed by atoms with Crippen molar-refractivity contribution in [1.29, 1.82) is 0 Å². The van der Waals surface area contributed by atoms with Crippen molar-refractivity contribution in [2.45, 2.75) is 31.7 Å². The highest BCUT2D eigenvalue weighted by Gasteiger charge is 2.19. The summed E-state index contributed by atoms with van der Waals surface area (Å²) in [5.74, 6) is 1.52. The van der Waals surface area contributed by atoms with E-state index in [2.05, 4.69) is 23.4 Å². The van der Waals surface area contributed by atoms with Crippen molar-refractivity contribution in [1.82, 2.24) is 10.2 Å². The summed E-state index contributed by atoms with van der Waals surface area (Å²) >= 11 is 7.69. The van der Waals surface area contributed by atoms with Crippen molar-refractivity contribution < 1.29 is 4.42 Å². The number of anilines is 1. The number of aromatic nitrogens is 2. The number of thioether (sulfide) groups is 1. The molecule has 0 aromatic carbocycles. The fraction of sp³-hybridized carbons (Fsp3) is 0.800. The van der Waals surface area contributed by atoms with Gasteiger partial charge in [0.05, 0.1) is 0 Å². The van der Waals surface area contributed by atoms with Gasteiger partial charge < -0.3 is 9.32 Å². The second-order valence-corrected chi connectivity index (χ2v) is 5.23. The summed E-state index contributed by atoms with van der Waals surface area (Å²) in [7, 11) is 1.97. The van der Waals surface area contributed by atoms with Crippen LogP contribution < -0.4 is 4.90 Å². The normalized spacial score (nSPS) is 14.8. The van der Waals surface area contributed by atoms with E-state index in [0.29, 0.717) is 17.9 Å². The van der Waals surface area contributed by atoms with Crippen LogP contribution in [0.4, 0.5) is 6.01 Å². The highest BCUT2D eigenvalue weighted by molar-refractivity contribution is 7.98. The Hall–Kier alpha value is -0.420. The first-order valence-electron chi connectivity index (χ1n) is 5.29. The molecule has 16 heavy (non-hydrogen) atoms. The summed E-state index contributed by atoms with van der Waals surface area (Å²) in [6, 6.07) is 0.956. The molecule has 2 atom stereocenters. The number of hydrogen-bond acceptors (Lipinski definition) is 5. The van der Waals surface area contributed by atoms with E-state index in [1.54, 1.807) is 0 Å². The molecule has 0 spiro atoms. The van der Waals surface area contributed by atoms with Crippen LogP contribution in [0.25, 0.3) is 0 Å². The Morgan fingerprint density at radius 1 is 1.50 bits per heavy atom. The maximum atomic E-state index is 5.88. The second-order valence-electron chi connectivity index (χ2n) is 3.67. The van der Waals surface area contributed by atoms with Gasteiger partial charge in [0.2, 0.25) is 5.89 Å². The molecule has 2 unspecified atom stereocenters. The molecule has 0 saturated carbocycles. The number of rotatable bonds is 6. The Labute approximate surface area is 106 Å². The van der Waals surface area contributed by atoms with Crippen LogP contribution in [0.1, 0.15) is 31.5 Å². The Kier molecular flexibility index (Phi) is 5.41. The summed E-state index contributed by atoms with van der Waals surface area (Å²) in [5.41, 5.74) is 0. The zero-order chi connectivity index (χ0) is 12.1. The van der Waals surface area contributed by atoms with Crippen LogP contribution >= 0.6 is 23.4 Å². The first-order chi connectivity index (χ1) is 7.60. The van der Waals surface area contributed by atoms with E-state index < -0.39 is 0 Å². The molecule has 0 bridgehead atoms. The van der Waals surface area contributed by atoms with E-state index in [-0.39, 0.29) is 5.38 Å². The molecule has 0 aliphatic heterocycles. The number of hydrogen-bond donors (Lipinski definition) is 0. The largest absolute Gasteiger partial charge is 0.406 e. The summed E-state index contributed by atoms with van der Waals surface area (Å²) in [4.78, 5) is 2.02. The van der Waals surface area contributed by atoms with E-state index in [1.165, 1.54) is 0 Å². The van der Waals surface area contributed by atoms with Crippen LogP contribution in [-0.2, 0) is 0 Å². The van der Waals surface area contributed by atoms with Crippen LogP contribution in [0.15, 0.2) is 4.42 Å². The molecule has 0 amide bonds. The minimum absolute atomic E-state index is 0.240. The smallest absolute Gasteiger partial charge is 0.318 e. The summed E-state index contributed by atoms with van der Waals surface area (Å²) in [6.45, 7) is 3.97. The van der Waals surface area contributed by atoms with Gasteiger partial charge >= 0.3 is 6.01 Å². The first-order valence-corrected chi connectivity index (χ1v) is 7.12. The molecule has 0 radical (unpaired) electrons. The van der Waals surface area contributed by atoms with E-state index in [9.17, 15) is 0 Å². The third-order valence-electron chi connectivity index (χ3n) is 2.45. The van der Waals surface area contributed by atoms with Gasteiger partial charge in [-0.05, 0) is 19.6 Å². The summed E-state index contributed by atoms with van der Waals surface area (Å²) in [6.07, 6.45) is 3.14. The van der Waals surface area contributed by atoms with Gasteiger partial charge in [-0.15, -0.1) is 16.7 Å². The molecule has 1 aromatic heterocycles. The Morgan fingerprint density at radius 3 is 2.62 bits per heavy atom. The molecule has 6 heteroatoms. The number of nitrogens with zero attached hydrogens (tertiary/aromatic N) is 3. The lowest BCUT2D eigenvalue weighted by Crippen LogP contribution is -2.33. The number of alkyl halides is 1. The molecule has 0 N–H and O–H groups in total. The maximum Gasteiger partial charge on any atom is 0.318 e. The SMILES string of the molecule is CCC(CSC)N(C)c1nnc(C(C)Cl)o1. The van der Waals surface area contributed by atoms with Gasteiger partial charge in [-0.1, -0.05) is 12.0 Å². The Balaban J connectivity index is 2.73. The lowest BCUT2D eigenvalue weighted by molar-refractivity contribution is 0.475. The van der Waals surface area contributed by atoms with Crippen molar-refractivity contribution in [3.8, 4) is 0 Å². The third-order valence-corrected chi connectivity index (χ3v) is 3.35. The predicted octanol–water partition coefficient (Wildman–Crippen LogP) is 2.95. The van der Waals surface area contributed by atoms with E-state index in [1.807, 2.05) is 30.6 Å². The molecular weight excluding hydrogens is 246 g/mol. The zero-order valence-corrected chi connectivity index (χ0v) is 11.7. The average Bonchev–Trinajstić information content (AvgIpc) is 2.74. The zero-order valence-electron chi connectivity index (χ0n) is 10.1. The van der Waals surface area contributed by atoms with Crippen LogP contribution in [0, 0.1) is 0 Å². The lowest BCUT2D eigenvalue weighted by atomic mass is 10.2. The molecule has 0 fully saturated rings. The van der Waals surface area contributed by atoms with Gasteiger partial charge in [-0.3, -0.25) is 0 Å². The highest BCUT2D eigenvalue weighted by atomic mass is 35.5. The maximum absolute atomic E-state index is 5.88. The topological polar surface area (TPSA) is 42.2 Å². The molecule has 1 heterocycles. The fourth-order valence-corrected chi connectivity index (χ4v) is 2.31. The lowest BCUT2D eigenvalue weighted by Gasteiger charge is -2.24. The molecule has 92 valence electrons. The van der Waals surface area contributed by atoms with Gasteiger partial charge in [0.1, 0.15) is 5.38 Å². The van der Waals surface area contributed by atoms with Crippen molar-refractivity contribution in [3.63, 3.8) is 0 Å². The van der Waals surface area contributed by atoms with Crippen molar-refractivity contribution >= 4 is 29.4 Å². The average molecular weight is 264 g/mol. The monoisotopic (exact) mass is 263 g/mol. The van der Waals surface area contributed by atoms with Gasteiger partial charge in [-0.2, -0.15) is 11.8 Å². The quantitative estimate of drug-likeness (QED) is 0.738. The van der Waals surface area contributed by atoms with Gasteiger partial charge in [0.15, 0.2) is 0 Å². The van der Waals surface area contributed by atoms with Crippen LogP contribution in [0.3, 0.4) is 0 Å². The third kappa shape index (κ3) is 3.28. The molecule has 0 aliphatic carbocycles. The van der Waals surface area contributed by atoms with Crippen molar-refractivity contribution in [3.05, 3.63) is 5.89 Å². The predicted molar refractivity (Wildman–Crippen MR) is 69.4 cm³/mol. The second kappa shape index (κ2) is 6.35. The minimum Gasteiger partial charge on any atom is -0.406 e. The van der Waals surface area contributed by atoms with Crippen LogP contribution in [-0.4, -0.2) is 35.3 Å². The fourth-order valence-electron chi connectivity index (χ4n) is 1.38. The molecule has 1 rings (SSSR count). The molecule has 0 aliphatic rings. The Morgan fingerprint density at radius 2 is 2.19 bits per heavy atom. The van der Waals surface area contributed by atoms with Crippen LogP contribution in [0.2, 0.25) is 0 Å². The van der Waals surface area contributed by atoms with Crippen molar-refractivity contribution in [2.75, 3.05) is 24.0 Å². The minimum atomic E-state index is -0.240. The number of halogens is 1. The van der Waals surface area contributed by atoms with Gasteiger partial charge in [0, 0.05) is 18.8 Å². The van der Waals surface area contributed by atoms with E-state index >= 15 is 0 Å². The first kappa shape index (κ1) is 13.6. The van der Waals surface area contributed by atoms with E-state index in [4.69, 9.17) is 16.0 Å². The Bertz CT molecular complexity index is 319. The summed E-state index contributed by atoms with van der Waals surface area (Å²) < 4.78 is 5.50. The van der Waals surface area contributed by atoms with Crippen molar-refractivity contribution in [2.24, 2.45) is 0 Å².